The molecule has 3 heterocycles. The molecule has 0 atom stereocenters. The van der Waals surface area contributed by atoms with Crippen molar-refractivity contribution in [1.82, 2.24) is 18.9 Å². The molecule has 0 saturated carbocycles. The van der Waals surface area contributed by atoms with Crippen molar-refractivity contribution in [3.63, 3.8) is 0 Å². The third-order valence-electron chi connectivity index (χ3n) is 6.32. The van der Waals surface area contributed by atoms with Crippen molar-refractivity contribution in [1.29, 1.82) is 0 Å². The van der Waals surface area contributed by atoms with E-state index in [1.807, 2.05) is 43.0 Å². The first kappa shape index (κ1) is 23.4. The van der Waals surface area contributed by atoms with Crippen LogP contribution in [0.4, 0.5) is 0 Å². The summed E-state index contributed by atoms with van der Waals surface area (Å²) >= 11 is 0. The fourth-order valence-corrected chi connectivity index (χ4v) is 6.19. The maximum absolute atomic E-state index is 13.1. The van der Waals surface area contributed by atoms with E-state index in [1.54, 1.807) is 13.8 Å². The summed E-state index contributed by atoms with van der Waals surface area (Å²) in [5.41, 5.74) is 4.30. The van der Waals surface area contributed by atoms with Crippen LogP contribution in [0.1, 0.15) is 38.8 Å². The van der Waals surface area contributed by atoms with E-state index in [-0.39, 0.29) is 17.2 Å². The molecule has 0 radical (unpaired) electrons. The molecule has 0 N–H and O–H groups in total. The number of hydrogen-bond donors (Lipinski definition) is 0. The quantitative estimate of drug-likeness (QED) is 0.494. The van der Waals surface area contributed by atoms with Gasteiger partial charge in [0.05, 0.1) is 6.54 Å². The van der Waals surface area contributed by atoms with Gasteiger partial charge in [0.2, 0.25) is 10.0 Å². The molecule has 1 aliphatic rings. The van der Waals surface area contributed by atoms with Crippen LogP contribution >= 0.6 is 0 Å². The topological polar surface area (TPSA) is 88.7 Å². The molecule has 0 spiro atoms. The van der Waals surface area contributed by atoms with Crippen molar-refractivity contribution in [2.45, 2.75) is 39.1 Å². The number of rotatable bonds is 7. The summed E-state index contributed by atoms with van der Waals surface area (Å²) in [6.07, 6.45) is 0. The van der Waals surface area contributed by atoms with Crippen molar-refractivity contribution < 1.29 is 17.7 Å². The lowest BCUT2D eigenvalue weighted by molar-refractivity contribution is 0.0901. The van der Waals surface area contributed by atoms with Crippen LogP contribution in [0.3, 0.4) is 0 Å². The normalized spacial score (nSPS) is 15.8. The lowest BCUT2D eigenvalue weighted by Crippen LogP contribution is -2.49. The van der Waals surface area contributed by atoms with E-state index in [4.69, 9.17) is 4.52 Å². The Kier molecular flexibility index (Phi) is 6.56. The second kappa shape index (κ2) is 9.24. The number of aromatic nitrogens is 2. The summed E-state index contributed by atoms with van der Waals surface area (Å²) < 4.78 is 34.7. The monoisotopic (exact) mass is 470 g/mol. The van der Waals surface area contributed by atoms with Crippen molar-refractivity contribution in [3.8, 4) is 0 Å². The summed E-state index contributed by atoms with van der Waals surface area (Å²) in [6.45, 7) is 9.89. The average Bonchev–Trinajstić information content (AvgIpc) is 3.28. The Morgan fingerprint density at radius 3 is 2.30 bits per heavy atom. The Labute approximate surface area is 194 Å². The van der Waals surface area contributed by atoms with Crippen LogP contribution in [0.2, 0.25) is 0 Å². The molecule has 0 unspecified atom stereocenters. The third kappa shape index (κ3) is 4.66. The summed E-state index contributed by atoms with van der Waals surface area (Å²) in [6, 6.07) is 12.1. The summed E-state index contributed by atoms with van der Waals surface area (Å²) in [5, 5.41) is 3.77. The molecule has 8 nitrogen and oxygen atoms in total. The fourth-order valence-electron chi connectivity index (χ4n) is 4.48. The molecular formula is C24H30N4O4S. The van der Waals surface area contributed by atoms with Gasteiger partial charge in [0.25, 0.3) is 0 Å². The predicted molar refractivity (Wildman–Crippen MR) is 125 cm³/mol. The van der Waals surface area contributed by atoms with Gasteiger partial charge in [-0.1, -0.05) is 35.5 Å². The van der Waals surface area contributed by atoms with Crippen LogP contribution in [0, 0.1) is 27.7 Å². The smallest absolute Gasteiger partial charge is 0.248 e. The van der Waals surface area contributed by atoms with Gasteiger partial charge in [-0.2, -0.15) is 4.31 Å². The molecule has 1 aliphatic heterocycles. The maximum atomic E-state index is 13.1. The minimum Gasteiger partial charge on any atom is -0.360 e. The Bertz CT molecular complexity index is 1230. The Hall–Kier alpha value is -2.75. The summed E-state index contributed by atoms with van der Waals surface area (Å²) in [5.74, 6) is 0.361. The number of Topliss-reactive ketones (excluding diaryl/α,β-unsaturated/α-hetero) is 1. The average molecular weight is 471 g/mol. The van der Waals surface area contributed by atoms with E-state index in [1.165, 1.54) is 9.87 Å². The van der Waals surface area contributed by atoms with E-state index in [9.17, 15) is 13.2 Å². The highest BCUT2D eigenvalue weighted by Crippen LogP contribution is 2.24. The molecule has 1 aromatic carbocycles. The van der Waals surface area contributed by atoms with E-state index in [0.29, 0.717) is 37.6 Å². The van der Waals surface area contributed by atoms with Crippen LogP contribution < -0.4 is 0 Å². The van der Waals surface area contributed by atoms with E-state index >= 15 is 0 Å². The molecule has 1 fully saturated rings. The minimum absolute atomic E-state index is 0.0597. The predicted octanol–water partition coefficient (Wildman–Crippen LogP) is 2.95. The Morgan fingerprint density at radius 1 is 1.03 bits per heavy atom. The standard InChI is InChI=1S/C24H30N4O4S/c1-17-14-22(19(3)28(17)15-21-8-6-5-7-9-21)23(29)16-26-10-12-27(13-11-26)33(30,31)24-18(2)25-32-20(24)4/h5-9,14H,10-13,15-16H2,1-4H3. The van der Waals surface area contributed by atoms with E-state index < -0.39 is 10.0 Å². The number of carbonyl (C=O) groups is 1. The van der Waals surface area contributed by atoms with Crippen molar-refractivity contribution in [3.05, 3.63) is 70.4 Å². The maximum Gasteiger partial charge on any atom is 0.248 e. The van der Waals surface area contributed by atoms with Crippen LogP contribution in [0.15, 0.2) is 45.8 Å². The van der Waals surface area contributed by atoms with Gasteiger partial charge >= 0.3 is 0 Å². The first-order chi connectivity index (χ1) is 15.7. The highest BCUT2D eigenvalue weighted by Gasteiger charge is 2.33. The van der Waals surface area contributed by atoms with Gasteiger partial charge in [-0.05, 0) is 39.3 Å². The van der Waals surface area contributed by atoms with Crippen LogP contribution in [-0.4, -0.2) is 65.9 Å². The first-order valence-corrected chi connectivity index (χ1v) is 12.5. The lowest BCUT2D eigenvalue weighted by Gasteiger charge is -2.33. The molecule has 2 aromatic heterocycles. The number of benzene rings is 1. The molecule has 0 aliphatic carbocycles. The molecule has 3 aromatic rings. The van der Waals surface area contributed by atoms with Crippen LogP contribution in [-0.2, 0) is 16.6 Å². The van der Waals surface area contributed by atoms with Gasteiger partial charge in [-0.3, -0.25) is 9.69 Å². The molecule has 9 heteroatoms. The second-order valence-electron chi connectivity index (χ2n) is 8.61. The molecular weight excluding hydrogens is 440 g/mol. The number of piperazine rings is 1. The van der Waals surface area contributed by atoms with Crippen LogP contribution in [0.25, 0.3) is 0 Å². The van der Waals surface area contributed by atoms with Crippen molar-refractivity contribution in [2.75, 3.05) is 32.7 Å². The molecule has 4 rings (SSSR count). The number of hydrogen-bond acceptors (Lipinski definition) is 6. The lowest BCUT2D eigenvalue weighted by atomic mass is 10.1. The van der Waals surface area contributed by atoms with Crippen molar-refractivity contribution in [2.24, 2.45) is 0 Å². The highest BCUT2D eigenvalue weighted by atomic mass is 32.2. The van der Waals surface area contributed by atoms with Gasteiger partial charge in [0.1, 0.15) is 10.6 Å². The molecule has 33 heavy (non-hydrogen) atoms. The first-order valence-electron chi connectivity index (χ1n) is 11.1. The minimum atomic E-state index is -3.66. The third-order valence-corrected chi connectivity index (χ3v) is 8.47. The molecule has 0 amide bonds. The largest absolute Gasteiger partial charge is 0.360 e. The zero-order valence-electron chi connectivity index (χ0n) is 19.5. The van der Waals surface area contributed by atoms with Gasteiger partial charge in [-0.15, -0.1) is 0 Å². The summed E-state index contributed by atoms with van der Waals surface area (Å²) in [7, 11) is -3.66. The zero-order valence-corrected chi connectivity index (χ0v) is 20.4. The van der Waals surface area contributed by atoms with Gasteiger partial charge in [0.15, 0.2) is 11.5 Å². The zero-order chi connectivity index (χ0) is 23.8. The summed E-state index contributed by atoms with van der Waals surface area (Å²) in [4.78, 5) is 15.3. The number of sulfonamides is 1. The van der Waals surface area contributed by atoms with Gasteiger partial charge in [0, 0.05) is 49.7 Å². The molecule has 1 saturated heterocycles. The molecule has 176 valence electrons. The number of aryl methyl sites for hydroxylation is 3. The van der Waals surface area contributed by atoms with Crippen LogP contribution in [0.5, 0.6) is 0 Å². The fraction of sp³-hybridized carbons (Fsp3) is 0.417. The van der Waals surface area contributed by atoms with Gasteiger partial charge in [-0.25, -0.2) is 8.42 Å². The van der Waals surface area contributed by atoms with Crippen molar-refractivity contribution >= 4 is 15.8 Å². The van der Waals surface area contributed by atoms with E-state index in [2.05, 4.69) is 21.9 Å². The number of carbonyl (C=O) groups excluding carboxylic acids is 1. The number of ketones is 1. The highest BCUT2D eigenvalue weighted by molar-refractivity contribution is 7.89. The second-order valence-corrected chi connectivity index (χ2v) is 10.5. The van der Waals surface area contributed by atoms with E-state index in [0.717, 1.165) is 23.5 Å². The molecule has 0 bridgehead atoms. The number of nitrogens with zero attached hydrogens (tertiary/aromatic N) is 4. The SMILES string of the molecule is Cc1noc(C)c1S(=O)(=O)N1CCN(CC(=O)c2cc(C)n(Cc3ccccc3)c2C)CC1. The van der Waals surface area contributed by atoms with Gasteiger partial charge < -0.3 is 9.09 Å². The Morgan fingerprint density at radius 2 is 1.70 bits per heavy atom. The Balaban J connectivity index is 1.40.